The monoisotopic (exact) mass is 246 g/mol. The van der Waals surface area contributed by atoms with E-state index in [-0.39, 0.29) is 5.75 Å². The predicted molar refractivity (Wildman–Crippen MR) is 68.7 cm³/mol. The lowest BCUT2D eigenvalue weighted by Gasteiger charge is -2.23. The molecule has 0 saturated carbocycles. The third-order valence-electron chi connectivity index (χ3n) is 3.49. The van der Waals surface area contributed by atoms with Crippen molar-refractivity contribution in [1.29, 1.82) is 5.26 Å². The van der Waals surface area contributed by atoms with E-state index in [0.717, 1.165) is 37.9 Å². The Kier molecular flexibility index (Phi) is 4.06. The Morgan fingerprint density at radius 3 is 2.78 bits per heavy atom. The average Bonchev–Trinajstić information content (AvgIpc) is 2.41. The number of nitriles is 1. The van der Waals surface area contributed by atoms with E-state index in [2.05, 4.69) is 11.4 Å². The van der Waals surface area contributed by atoms with Gasteiger partial charge in [-0.25, -0.2) is 0 Å². The van der Waals surface area contributed by atoms with Gasteiger partial charge in [-0.3, -0.25) is 0 Å². The number of ether oxygens (including phenoxy) is 1. The number of hydrogen-bond donors (Lipinski definition) is 2. The normalized spacial score (nSPS) is 16.2. The molecule has 1 aliphatic heterocycles. The second-order valence-corrected chi connectivity index (χ2v) is 4.69. The number of rotatable bonds is 3. The molecule has 18 heavy (non-hydrogen) atoms. The smallest absolute Gasteiger partial charge is 0.140 e. The topological polar surface area (TPSA) is 65.3 Å². The third kappa shape index (κ3) is 2.74. The number of benzene rings is 1. The highest BCUT2D eigenvalue weighted by Crippen LogP contribution is 2.30. The van der Waals surface area contributed by atoms with Crippen LogP contribution in [0.25, 0.3) is 0 Å². The van der Waals surface area contributed by atoms with Gasteiger partial charge in [-0.15, -0.1) is 0 Å². The second kappa shape index (κ2) is 5.74. The fourth-order valence-electron chi connectivity index (χ4n) is 2.43. The van der Waals surface area contributed by atoms with Gasteiger partial charge in [0.05, 0.1) is 12.7 Å². The molecule has 2 rings (SSSR count). The number of methoxy groups -OCH3 is 1. The molecule has 1 heterocycles. The molecular formula is C14H18N2O2. The van der Waals surface area contributed by atoms with E-state index < -0.39 is 0 Å². The van der Waals surface area contributed by atoms with Crippen molar-refractivity contribution < 1.29 is 9.84 Å². The largest absolute Gasteiger partial charge is 0.508 e. The summed E-state index contributed by atoms with van der Waals surface area (Å²) in [5.41, 5.74) is 1.33. The zero-order valence-corrected chi connectivity index (χ0v) is 10.6. The van der Waals surface area contributed by atoms with Gasteiger partial charge in [-0.05, 0) is 49.9 Å². The van der Waals surface area contributed by atoms with Crippen LogP contribution in [-0.4, -0.2) is 25.3 Å². The lowest BCUT2D eigenvalue weighted by Crippen LogP contribution is -2.28. The summed E-state index contributed by atoms with van der Waals surface area (Å²) < 4.78 is 5.07. The zero-order valence-electron chi connectivity index (χ0n) is 10.6. The summed E-state index contributed by atoms with van der Waals surface area (Å²) in [5, 5.41) is 22.3. The number of hydrogen-bond acceptors (Lipinski definition) is 4. The van der Waals surface area contributed by atoms with Crippen LogP contribution in [0.15, 0.2) is 12.1 Å². The first-order valence-corrected chi connectivity index (χ1v) is 6.25. The lowest BCUT2D eigenvalue weighted by atomic mass is 9.90. The number of aromatic hydroxyl groups is 1. The van der Waals surface area contributed by atoms with Crippen molar-refractivity contribution in [1.82, 2.24) is 5.32 Å². The molecule has 1 aliphatic rings. The molecule has 2 N–H and O–H groups in total. The van der Waals surface area contributed by atoms with Gasteiger partial charge in [0.2, 0.25) is 0 Å². The first-order chi connectivity index (χ1) is 8.74. The Bertz CT molecular complexity index is 460. The van der Waals surface area contributed by atoms with Crippen LogP contribution >= 0.6 is 0 Å². The van der Waals surface area contributed by atoms with Crippen molar-refractivity contribution in [2.45, 2.75) is 19.3 Å². The summed E-state index contributed by atoms with van der Waals surface area (Å²) in [7, 11) is 1.50. The van der Waals surface area contributed by atoms with Crippen LogP contribution in [0.1, 0.15) is 24.0 Å². The maximum absolute atomic E-state index is 9.97. The Morgan fingerprint density at radius 2 is 2.17 bits per heavy atom. The molecule has 0 radical (unpaired) electrons. The van der Waals surface area contributed by atoms with Crippen molar-refractivity contribution in [2.24, 2.45) is 5.92 Å². The summed E-state index contributed by atoms with van der Waals surface area (Å²) in [6.45, 7) is 2.07. The van der Waals surface area contributed by atoms with Crippen molar-refractivity contribution in [3.05, 3.63) is 23.3 Å². The van der Waals surface area contributed by atoms with E-state index in [9.17, 15) is 5.11 Å². The number of phenolic OH excluding ortho intramolecular Hbond substituents is 1. The Morgan fingerprint density at radius 1 is 1.44 bits per heavy atom. The minimum absolute atomic E-state index is 0.226. The summed E-state index contributed by atoms with van der Waals surface area (Å²) in [5.74, 6) is 1.24. The Hall–Kier alpha value is -1.73. The van der Waals surface area contributed by atoms with Crippen LogP contribution in [0, 0.1) is 17.2 Å². The molecule has 4 nitrogen and oxygen atoms in total. The molecule has 1 fully saturated rings. The summed E-state index contributed by atoms with van der Waals surface area (Å²) in [6, 6.07) is 5.39. The molecular weight excluding hydrogens is 228 g/mol. The molecule has 0 unspecified atom stereocenters. The van der Waals surface area contributed by atoms with Crippen LogP contribution in [0.4, 0.5) is 0 Å². The van der Waals surface area contributed by atoms with E-state index in [1.54, 1.807) is 6.07 Å². The highest BCUT2D eigenvalue weighted by atomic mass is 16.5. The standard InChI is InChI=1S/C14H18N2O2/c1-18-14-8-13(17)11(7-12(14)9-15)6-10-2-4-16-5-3-10/h7-8,10,16-17H,2-6H2,1H3. The van der Waals surface area contributed by atoms with E-state index in [4.69, 9.17) is 10.00 Å². The second-order valence-electron chi connectivity index (χ2n) is 4.69. The third-order valence-corrected chi connectivity index (χ3v) is 3.49. The zero-order chi connectivity index (χ0) is 13.0. The fraction of sp³-hybridized carbons (Fsp3) is 0.500. The first kappa shape index (κ1) is 12.7. The summed E-state index contributed by atoms with van der Waals surface area (Å²) >= 11 is 0. The molecule has 1 aromatic rings. The summed E-state index contributed by atoms with van der Waals surface area (Å²) in [4.78, 5) is 0. The minimum atomic E-state index is 0.226. The van der Waals surface area contributed by atoms with E-state index >= 15 is 0 Å². The summed E-state index contributed by atoms with van der Waals surface area (Å²) in [6.07, 6.45) is 3.06. The maximum Gasteiger partial charge on any atom is 0.140 e. The number of piperidine rings is 1. The molecule has 0 aromatic heterocycles. The van der Waals surface area contributed by atoms with Gasteiger partial charge in [0, 0.05) is 6.07 Å². The van der Waals surface area contributed by atoms with Gasteiger partial charge in [0.25, 0.3) is 0 Å². The Balaban J connectivity index is 2.19. The van der Waals surface area contributed by atoms with Crippen LogP contribution in [0.5, 0.6) is 11.5 Å². The predicted octanol–water partition coefficient (Wildman–Crippen LogP) is 1.81. The molecule has 1 aromatic carbocycles. The van der Waals surface area contributed by atoms with Crippen molar-refractivity contribution in [3.8, 4) is 17.6 Å². The molecule has 0 amide bonds. The van der Waals surface area contributed by atoms with Crippen molar-refractivity contribution >= 4 is 0 Å². The maximum atomic E-state index is 9.97. The molecule has 96 valence electrons. The van der Waals surface area contributed by atoms with Crippen LogP contribution in [0.3, 0.4) is 0 Å². The van der Waals surface area contributed by atoms with Crippen LogP contribution in [0.2, 0.25) is 0 Å². The minimum Gasteiger partial charge on any atom is -0.508 e. The van der Waals surface area contributed by atoms with Gasteiger partial charge in [0.15, 0.2) is 0 Å². The van der Waals surface area contributed by atoms with Gasteiger partial charge >= 0.3 is 0 Å². The number of nitrogens with one attached hydrogen (secondary N) is 1. The Labute approximate surface area is 107 Å². The van der Waals surface area contributed by atoms with Crippen LogP contribution in [-0.2, 0) is 6.42 Å². The average molecular weight is 246 g/mol. The van der Waals surface area contributed by atoms with E-state index in [0.29, 0.717) is 17.2 Å². The molecule has 0 aliphatic carbocycles. The van der Waals surface area contributed by atoms with E-state index in [1.807, 2.05) is 0 Å². The van der Waals surface area contributed by atoms with E-state index in [1.165, 1.54) is 13.2 Å². The van der Waals surface area contributed by atoms with Gasteiger partial charge in [0.1, 0.15) is 17.6 Å². The highest BCUT2D eigenvalue weighted by molar-refractivity contribution is 5.51. The molecule has 0 bridgehead atoms. The highest BCUT2D eigenvalue weighted by Gasteiger charge is 2.17. The van der Waals surface area contributed by atoms with Crippen LogP contribution < -0.4 is 10.1 Å². The van der Waals surface area contributed by atoms with Crippen molar-refractivity contribution in [3.63, 3.8) is 0 Å². The molecule has 1 saturated heterocycles. The van der Waals surface area contributed by atoms with Gasteiger partial charge < -0.3 is 15.2 Å². The fourth-order valence-corrected chi connectivity index (χ4v) is 2.43. The molecule has 0 atom stereocenters. The quantitative estimate of drug-likeness (QED) is 0.853. The van der Waals surface area contributed by atoms with Gasteiger partial charge in [-0.1, -0.05) is 0 Å². The van der Waals surface area contributed by atoms with Gasteiger partial charge in [-0.2, -0.15) is 5.26 Å². The molecule has 0 spiro atoms. The SMILES string of the molecule is COc1cc(O)c(CC2CCNCC2)cc1C#N. The first-order valence-electron chi connectivity index (χ1n) is 6.25. The number of nitrogens with zero attached hydrogens (tertiary/aromatic N) is 1. The lowest BCUT2D eigenvalue weighted by molar-refractivity contribution is 0.364. The van der Waals surface area contributed by atoms with Crippen molar-refractivity contribution in [2.75, 3.05) is 20.2 Å². The number of phenols is 1. The molecule has 4 heteroatoms.